The Morgan fingerprint density at radius 1 is 1.22 bits per heavy atom. The minimum Gasteiger partial charge on any atom is -0.426 e. The molecule has 222 valence electrons. The predicted molar refractivity (Wildman–Crippen MR) is 149 cm³/mol. The number of β-lactam (4-membered cyclic amide) rings is 1. The highest BCUT2D eigenvalue weighted by molar-refractivity contribution is 8.03. The maximum Gasteiger partial charge on any atom is 0.511 e. The molecular weight excluding hydrogens is 550 g/mol. The van der Waals surface area contributed by atoms with E-state index in [0.29, 0.717) is 24.3 Å². The number of aliphatic hydroxyl groups is 1. The van der Waals surface area contributed by atoms with E-state index in [-0.39, 0.29) is 40.8 Å². The zero-order chi connectivity index (χ0) is 29.4. The fourth-order valence-corrected chi connectivity index (χ4v) is 7.80. The number of aryl methyl sites for hydroxylation is 1. The van der Waals surface area contributed by atoms with Gasteiger partial charge in [-0.3, -0.25) is 9.59 Å². The van der Waals surface area contributed by atoms with Crippen molar-refractivity contribution >= 4 is 35.7 Å². The van der Waals surface area contributed by atoms with E-state index in [2.05, 4.69) is 5.32 Å². The average Bonchev–Trinajstić information content (AvgIpc) is 3.49. The molecule has 12 heteroatoms. The molecule has 0 bridgehead atoms. The number of carbonyl (C=O) groups excluding carboxylic acids is 4. The number of rotatable bonds is 8. The number of amides is 2. The molecule has 11 nitrogen and oxygen atoms in total. The first-order valence-corrected chi connectivity index (χ1v) is 14.9. The molecule has 1 aliphatic carbocycles. The molecule has 7 atom stereocenters. The molecule has 4 aliphatic rings. The second-order valence-electron chi connectivity index (χ2n) is 11.3. The molecule has 3 aliphatic heterocycles. The number of aliphatic hydroxyl groups excluding tert-OH is 1. The number of likely N-dealkylation sites (N-methyl/N-ethyl adjacent to an activating group) is 1. The zero-order valence-corrected chi connectivity index (χ0v) is 24.5. The average molecular weight is 588 g/mol. The molecule has 3 heterocycles. The summed E-state index contributed by atoms with van der Waals surface area (Å²) in [7, 11) is 3.41. The van der Waals surface area contributed by atoms with Gasteiger partial charge in [-0.25, -0.2) is 9.59 Å². The molecule has 2 fully saturated rings. The maximum atomic E-state index is 13.3. The fourth-order valence-electron chi connectivity index (χ4n) is 6.32. The maximum absolute atomic E-state index is 13.3. The Labute approximate surface area is 243 Å². The van der Waals surface area contributed by atoms with Crippen molar-refractivity contribution in [3.63, 3.8) is 0 Å². The van der Waals surface area contributed by atoms with Crippen LogP contribution in [0.5, 0.6) is 0 Å². The Kier molecular flexibility index (Phi) is 8.62. The summed E-state index contributed by atoms with van der Waals surface area (Å²) in [5.74, 6) is -2.00. The molecule has 41 heavy (non-hydrogen) atoms. The van der Waals surface area contributed by atoms with Gasteiger partial charge in [-0.15, -0.1) is 11.8 Å². The van der Waals surface area contributed by atoms with Crippen LogP contribution in [0.15, 0.2) is 34.9 Å². The lowest BCUT2D eigenvalue weighted by atomic mass is 9.79. The molecule has 0 saturated carbocycles. The monoisotopic (exact) mass is 587 g/mol. The van der Waals surface area contributed by atoms with Crippen LogP contribution in [0.25, 0.3) is 0 Å². The number of esters is 1. The third kappa shape index (κ3) is 5.69. The number of hydrogen-bond donors (Lipinski definition) is 2. The Bertz CT molecular complexity index is 1250. The first kappa shape index (κ1) is 29.4. The Morgan fingerprint density at radius 2 is 1.98 bits per heavy atom. The first-order valence-electron chi connectivity index (χ1n) is 14.0. The lowest BCUT2D eigenvalue weighted by Crippen LogP contribution is -2.63. The van der Waals surface area contributed by atoms with Crippen LogP contribution in [0.4, 0.5) is 4.79 Å². The fraction of sp³-hybridized carbons (Fsp3) is 0.586. The minimum atomic E-state index is -0.941. The molecule has 0 spiro atoms. The van der Waals surface area contributed by atoms with Crippen LogP contribution in [0, 0.1) is 11.8 Å². The van der Waals surface area contributed by atoms with Gasteiger partial charge < -0.3 is 34.4 Å². The van der Waals surface area contributed by atoms with E-state index in [4.69, 9.17) is 14.2 Å². The van der Waals surface area contributed by atoms with E-state index in [1.54, 1.807) is 25.9 Å². The van der Waals surface area contributed by atoms with Gasteiger partial charge in [0.1, 0.15) is 11.8 Å². The zero-order valence-electron chi connectivity index (χ0n) is 23.7. The van der Waals surface area contributed by atoms with Crippen molar-refractivity contribution in [2.24, 2.45) is 11.8 Å². The molecule has 2 N–H and O–H groups in total. The SMILES string of the molecule is C[C@@H](O)[C@H]1C(=O)N2C(C(=O)OCOC(=O)O[C@@H]3CCCc4ccccc43)=C(S[C@@H]3CN[C@H](C(=O)N(C)C)C3)[C@H](C)[C@H]12. The van der Waals surface area contributed by atoms with Crippen LogP contribution >= 0.6 is 11.8 Å². The number of thioether (sulfide) groups is 1. The molecule has 1 aromatic rings. The van der Waals surface area contributed by atoms with Gasteiger partial charge in [-0.05, 0) is 43.7 Å². The van der Waals surface area contributed by atoms with Crippen LogP contribution in [0.2, 0.25) is 0 Å². The lowest BCUT2D eigenvalue weighted by molar-refractivity contribution is -0.167. The third-order valence-corrected chi connectivity index (χ3v) is 9.86. The van der Waals surface area contributed by atoms with Gasteiger partial charge in [-0.1, -0.05) is 31.2 Å². The third-order valence-electron chi connectivity index (χ3n) is 8.34. The summed E-state index contributed by atoms with van der Waals surface area (Å²) in [4.78, 5) is 54.8. The Hall–Kier alpha value is -3.09. The molecular formula is C29H37N3O8S. The lowest BCUT2D eigenvalue weighted by Gasteiger charge is -2.46. The normalized spacial score (nSPS) is 29.3. The summed E-state index contributed by atoms with van der Waals surface area (Å²) >= 11 is 1.45. The van der Waals surface area contributed by atoms with Crippen molar-refractivity contribution in [1.82, 2.24) is 15.1 Å². The number of nitrogens with zero attached hydrogens (tertiary/aromatic N) is 2. The van der Waals surface area contributed by atoms with E-state index in [1.807, 2.05) is 31.2 Å². The number of carbonyl (C=O) groups is 4. The van der Waals surface area contributed by atoms with Crippen molar-refractivity contribution in [2.45, 2.75) is 69.1 Å². The van der Waals surface area contributed by atoms with Crippen LogP contribution < -0.4 is 5.32 Å². The van der Waals surface area contributed by atoms with Crippen molar-refractivity contribution in [1.29, 1.82) is 0 Å². The first-order chi connectivity index (χ1) is 19.6. The van der Waals surface area contributed by atoms with Crippen LogP contribution in [0.1, 0.15) is 50.3 Å². The largest absolute Gasteiger partial charge is 0.511 e. The quantitative estimate of drug-likeness (QED) is 0.265. The standard InChI is InChI=1S/C29H37N3O8S/c1-15-23-22(16(2)33)27(35)32(23)24(25(15)41-18-12-20(30-13-18)26(34)31(3)4)28(36)38-14-39-29(37)40-21-11-7-9-17-8-5-6-10-19(17)21/h5-6,8,10,15-16,18,20-23,30,33H,7,9,11-14H2,1-4H3/t15-,16-,18+,20+,21-,22-,23-/m1/s1. The van der Waals surface area contributed by atoms with Gasteiger partial charge in [-0.2, -0.15) is 0 Å². The predicted octanol–water partition coefficient (Wildman–Crippen LogP) is 2.34. The van der Waals surface area contributed by atoms with E-state index in [0.717, 1.165) is 24.0 Å². The van der Waals surface area contributed by atoms with Gasteiger partial charge >= 0.3 is 12.1 Å². The number of hydrogen-bond acceptors (Lipinski definition) is 10. The number of fused-ring (bicyclic) bond motifs is 2. The van der Waals surface area contributed by atoms with Crippen molar-refractivity contribution < 1.29 is 38.5 Å². The van der Waals surface area contributed by atoms with Crippen LogP contribution in [-0.2, 0) is 35.0 Å². The Balaban J connectivity index is 1.24. The van der Waals surface area contributed by atoms with Crippen LogP contribution in [-0.4, -0.2) is 89.7 Å². The van der Waals surface area contributed by atoms with Gasteiger partial charge in [0, 0.05) is 36.7 Å². The summed E-state index contributed by atoms with van der Waals surface area (Å²) in [5, 5.41) is 13.5. The summed E-state index contributed by atoms with van der Waals surface area (Å²) in [6.07, 6.45) is 0.816. The van der Waals surface area contributed by atoms with Gasteiger partial charge in [0.2, 0.25) is 18.6 Å². The van der Waals surface area contributed by atoms with Gasteiger partial charge in [0.25, 0.3) is 0 Å². The molecule has 0 radical (unpaired) electrons. The van der Waals surface area contributed by atoms with E-state index < -0.39 is 37.0 Å². The molecule has 5 rings (SSSR count). The van der Waals surface area contributed by atoms with Crippen molar-refractivity contribution in [3.05, 3.63) is 46.0 Å². The van der Waals surface area contributed by atoms with Gasteiger partial charge in [0.05, 0.1) is 24.1 Å². The number of ether oxygens (including phenoxy) is 3. The van der Waals surface area contributed by atoms with Gasteiger partial charge in [0.15, 0.2) is 0 Å². The summed E-state index contributed by atoms with van der Waals surface area (Å²) in [6, 6.07) is 7.09. The highest BCUT2D eigenvalue weighted by Crippen LogP contribution is 2.52. The smallest absolute Gasteiger partial charge is 0.426 e. The van der Waals surface area contributed by atoms with E-state index in [1.165, 1.54) is 16.7 Å². The van der Waals surface area contributed by atoms with Crippen molar-refractivity contribution in [2.75, 3.05) is 27.4 Å². The summed E-state index contributed by atoms with van der Waals surface area (Å²) in [6.45, 7) is 3.38. The molecule has 0 unspecified atom stereocenters. The summed E-state index contributed by atoms with van der Waals surface area (Å²) < 4.78 is 15.9. The van der Waals surface area contributed by atoms with Crippen molar-refractivity contribution in [3.8, 4) is 0 Å². The molecule has 0 aromatic heterocycles. The number of nitrogens with one attached hydrogen (secondary N) is 1. The molecule has 1 aromatic carbocycles. The highest BCUT2D eigenvalue weighted by Gasteiger charge is 2.60. The number of benzene rings is 1. The second-order valence-corrected chi connectivity index (χ2v) is 12.6. The topological polar surface area (TPSA) is 135 Å². The van der Waals surface area contributed by atoms with E-state index in [9.17, 15) is 24.3 Å². The minimum absolute atomic E-state index is 0.00690. The van der Waals surface area contributed by atoms with E-state index >= 15 is 0 Å². The molecule has 2 saturated heterocycles. The highest BCUT2D eigenvalue weighted by atomic mass is 32.2. The second kappa shape index (κ2) is 12.0. The molecule has 2 amide bonds. The Morgan fingerprint density at radius 3 is 2.71 bits per heavy atom. The van der Waals surface area contributed by atoms with Crippen LogP contribution in [0.3, 0.4) is 0 Å². The summed E-state index contributed by atoms with van der Waals surface area (Å²) in [5.41, 5.74) is 2.19.